The maximum Gasteiger partial charge on any atom is 0.418 e. The Balaban J connectivity index is 3.31. The maximum absolute atomic E-state index is 13.0. The molecule has 0 heterocycles. The Bertz CT molecular complexity index is 604. The van der Waals surface area contributed by atoms with Crippen molar-refractivity contribution in [3.63, 3.8) is 0 Å². The van der Waals surface area contributed by atoms with E-state index in [1.54, 1.807) is 6.26 Å². The van der Waals surface area contributed by atoms with E-state index in [0.29, 0.717) is 11.3 Å². The van der Waals surface area contributed by atoms with Crippen LogP contribution in [0.2, 0.25) is 0 Å². The number of anilines is 1. The van der Waals surface area contributed by atoms with Gasteiger partial charge in [0, 0.05) is 5.75 Å². The Hall–Kier alpha value is -2.21. The molecule has 0 saturated heterocycles. The first-order valence-corrected chi connectivity index (χ1v) is 6.96. The van der Waals surface area contributed by atoms with Gasteiger partial charge in [0.1, 0.15) is 6.07 Å². The van der Waals surface area contributed by atoms with Gasteiger partial charge < -0.3 is 5.73 Å². The van der Waals surface area contributed by atoms with Crippen LogP contribution in [0, 0.1) is 16.7 Å². The standard InChI is InChI=1S/C12H12F3N5S/c1-21-6-7-3-2-4-8(12(13,14)15)10(7)20-19-9(5-16)11(17)18/h2-4,20H,6H2,1H3,(H3,17,18)/b19-9+. The minimum atomic E-state index is -4.56. The van der Waals surface area contributed by atoms with Crippen molar-refractivity contribution in [1.29, 1.82) is 10.7 Å². The Kier molecular flexibility index (Phi) is 5.60. The van der Waals surface area contributed by atoms with E-state index >= 15 is 0 Å². The monoisotopic (exact) mass is 315 g/mol. The number of nitrogens with zero attached hydrogens (tertiary/aromatic N) is 2. The van der Waals surface area contributed by atoms with Crippen LogP contribution in [-0.2, 0) is 11.9 Å². The molecule has 1 rings (SSSR count). The molecule has 0 fully saturated rings. The molecule has 112 valence electrons. The molecule has 0 aliphatic rings. The molecule has 0 amide bonds. The van der Waals surface area contributed by atoms with Crippen molar-refractivity contribution in [2.24, 2.45) is 10.8 Å². The third-order valence-electron chi connectivity index (χ3n) is 2.40. The molecule has 5 nitrogen and oxygen atoms in total. The van der Waals surface area contributed by atoms with E-state index in [2.05, 4.69) is 10.5 Å². The first-order chi connectivity index (χ1) is 9.81. The van der Waals surface area contributed by atoms with Crippen LogP contribution in [0.3, 0.4) is 0 Å². The van der Waals surface area contributed by atoms with Crippen molar-refractivity contribution < 1.29 is 13.2 Å². The van der Waals surface area contributed by atoms with Crippen molar-refractivity contribution in [1.82, 2.24) is 0 Å². The van der Waals surface area contributed by atoms with E-state index < -0.39 is 23.3 Å². The van der Waals surface area contributed by atoms with Crippen molar-refractivity contribution in [2.75, 3.05) is 11.7 Å². The van der Waals surface area contributed by atoms with Gasteiger partial charge in [-0.05, 0) is 17.9 Å². The van der Waals surface area contributed by atoms with Crippen molar-refractivity contribution in [3.05, 3.63) is 29.3 Å². The van der Waals surface area contributed by atoms with E-state index in [-0.39, 0.29) is 5.69 Å². The third kappa shape index (κ3) is 4.39. The van der Waals surface area contributed by atoms with Gasteiger partial charge in [-0.25, -0.2) is 0 Å². The van der Waals surface area contributed by atoms with Gasteiger partial charge in [0.25, 0.3) is 0 Å². The lowest BCUT2D eigenvalue weighted by molar-refractivity contribution is -0.137. The van der Waals surface area contributed by atoms with Crippen molar-refractivity contribution >= 4 is 29.0 Å². The summed E-state index contributed by atoms with van der Waals surface area (Å²) in [6, 6.07) is 5.29. The maximum atomic E-state index is 13.0. The molecular formula is C12H12F3N5S. The number of halogens is 3. The molecule has 0 unspecified atom stereocenters. The molecule has 1 aromatic rings. The molecule has 1 aromatic carbocycles. The number of alkyl halides is 3. The molecule has 4 N–H and O–H groups in total. The van der Waals surface area contributed by atoms with Gasteiger partial charge in [0.15, 0.2) is 5.84 Å². The average molecular weight is 315 g/mol. The van der Waals surface area contributed by atoms with Gasteiger partial charge in [0.2, 0.25) is 5.71 Å². The van der Waals surface area contributed by atoms with Crippen LogP contribution in [0.1, 0.15) is 11.1 Å². The van der Waals surface area contributed by atoms with Gasteiger partial charge >= 0.3 is 6.18 Å². The number of para-hydroxylation sites is 1. The van der Waals surface area contributed by atoms with Gasteiger partial charge in [-0.3, -0.25) is 10.8 Å². The van der Waals surface area contributed by atoms with Gasteiger partial charge in [-0.15, -0.1) is 0 Å². The molecule has 21 heavy (non-hydrogen) atoms. The topological polar surface area (TPSA) is 98.0 Å². The van der Waals surface area contributed by atoms with Gasteiger partial charge in [-0.1, -0.05) is 12.1 Å². The zero-order valence-corrected chi connectivity index (χ0v) is 11.8. The van der Waals surface area contributed by atoms with Crippen LogP contribution in [0.25, 0.3) is 0 Å². The number of nitrogens with one attached hydrogen (secondary N) is 2. The van der Waals surface area contributed by atoms with Crippen molar-refractivity contribution in [3.8, 4) is 6.07 Å². The summed E-state index contributed by atoms with van der Waals surface area (Å²) in [5, 5.41) is 19.3. The lowest BCUT2D eigenvalue weighted by atomic mass is 10.1. The van der Waals surface area contributed by atoms with Crippen molar-refractivity contribution in [2.45, 2.75) is 11.9 Å². The smallest absolute Gasteiger partial charge is 0.382 e. The van der Waals surface area contributed by atoms with E-state index in [9.17, 15) is 13.2 Å². The lowest BCUT2D eigenvalue weighted by Crippen LogP contribution is -2.22. The fourth-order valence-electron chi connectivity index (χ4n) is 1.50. The second-order valence-corrected chi connectivity index (χ2v) is 4.73. The highest BCUT2D eigenvalue weighted by atomic mass is 32.2. The van der Waals surface area contributed by atoms with Crippen LogP contribution >= 0.6 is 11.8 Å². The Morgan fingerprint density at radius 2 is 2.19 bits per heavy atom. The zero-order valence-electron chi connectivity index (χ0n) is 11.0. The van der Waals surface area contributed by atoms with Crippen LogP contribution < -0.4 is 11.2 Å². The highest BCUT2D eigenvalue weighted by Crippen LogP contribution is 2.37. The van der Waals surface area contributed by atoms with E-state index in [1.165, 1.54) is 30.0 Å². The number of nitriles is 1. The molecular weight excluding hydrogens is 303 g/mol. The SMILES string of the molecule is CSCc1cccc(C(F)(F)F)c1N/N=C(\C#N)C(=N)N. The first kappa shape index (κ1) is 16.8. The highest BCUT2D eigenvalue weighted by molar-refractivity contribution is 7.97. The summed E-state index contributed by atoms with van der Waals surface area (Å²) < 4.78 is 39.0. The summed E-state index contributed by atoms with van der Waals surface area (Å²) in [6.45, 7) is 0. The fourth-order valence-corrected chi connectivity index (χ4v) is 2.05. The average Bonchev–Trinajstić information content (AvgIpc) is 2.39. The fraction of sp³-hybridized carbons (Fsp3) is 0.250. The first-order valence-electron chi connectivity index (χ1n) is 5.57. The number of rotatable bonds is 5. The molecule has 9 heteroatoms. The van der Waals surface area contributed by atoms with E-state index in [1.807, 2.05) is 0 Å². The van der Waals surface area contributed by atoms with Crippen LogP contribution in [-0.4, -0.2) is 17.8 Å². The molecule has 0 spiro atoms. The minimum Gasteiger partial charge on any atom is -0.382 e. The summed E-state index contributed by atoms with van der Waals surface area (Å²) in [7, 11) is 0. The quantitative estimate of drug-likeness (QED) is 0.442. The summed E-state index contributed by atoms with van der Waals surface area (Å²) in [5.74, 6) is -0.287. The van der Waals surface area contributed by atoms with E-state index in [4.69, 9.17) is 16.4 Å². The zero-order chi connectivity index (χ0) is 16.0. The highest BCUT2D eigenvalue weighted by Gasteiger charge is 2.34. The molecule has 0 saturated carbocycles. The number of thioether (sulfide) groups is 1. The second-order valence-electron chi connectivity index (χ2n) is 3.87. The van der Waals surface area contributed by atoms with Gasteiger partial charge in [-0.2, -0.15) is 35.3 Å². The summed E-state index contributed by atoms with van der Waals surface area (Å²) in [4.78, 5) is 0. The number of hydrazone groups is 1. The predicted octanol–water partition coefficient (Wildman–Crippen LogP) is 2.80. The van der Waals surface area contributed by atoms with Crippen LogP contribution in [0.4, 0.5) is 18.9 Å². The number of amidine groups is 1. The summed E-state index contributed by atoms with van der Waals surface area (Å²) in [5.41, 5.74) is 6.09. The summed E-state index contributed by atoms with van der Waals surface area (Å²) >= 11 is 1.35. The molecule has 0 bridgehead atoms. The molecule has 0 aliphatic heterocycles. The Morgan fingerprint density at radius 3 is 2.67 bits per heavy atom. The normalized spacial score (nSPS) is 11.9. The minimum absolute atomic E-state index is 0.242. The second kappa shape index (κ2) is 6.99. The molecule has 0 radical (unpaired) electrons. The van der Waals surface area contributed by atoms with E-state index in [0.717, 1.165) is 6.07 Å². The third-order valence-corrected chi connectivity index (χ3v) is 3.00. The van der Waals surface area contributed by atoms with Crippen LogP contribution in [0.15, 0.2) is 23.3 Å². The number of hydrogen-bond donors (Lipinski definition) is 3. The number of benzene rings is 1. The molecule has 0 aliphatic carbocycles. The number of hydrogen-bond acceptors (Lipinski definition) is 5. The lowest BCUT2D eigenvalue weighted by Gasteiger charge is -2.16. The van der Waals surface area contributed by atoms with Crippen LogP contribution in [0.5, 0.6) is 0 Å². The largest absolute Gasteiger partial charge is 0.418 e. The summed E-state index contributed by atoms with van der Waals surface area (Å²) in [6.07, 6.45) is -2.81. The number of nitrogens with two attached hydrogens (primary N) is 1. The molecule has 0 aromatic heterocycles. The Labute approximate surface area is 123 Å². The predicted molar refractivity (Wildman–Crippen MR) is 77.2 cm³/mol. The molecule has 0 atom stereocenters. The Morgan fingerprint density at radius 1 is 1.52 bits per heavy atom. The van der Waals surface area contributed by atoms with Gasteiger partial charge in [0.05, 0.1) is 11.3 Å².